The van der Waals surface area contributed by atoms with E-state index in [2.05, 4.69) is 9.72 Å². The number of aromatic nitrogens is 1. The summed E-state index contributed by atoms with van der Waals surface area (Å²) in [5.41, 5.74) is 0.340. The monoisotopic (exact) mass is 334 g/mol. The van der Waals surface area contributed by atoms with Crippen LogP contribution in [-0.4, -0.2) is 43.4 Å². The number of thiazole rings is 1. The van der Waals surface area contributed by atoms with Gasteiger partial charge in [0, 0.05) is 18.3 Å². The van der Waals surface area contributed by atoms with Gasteiger partial charge in [-0.2, -0.15) is 4.31 Å². The van der Waals surface area contributed by atoms with Crippen molar-refractivity contribution < 1.29 is 17.9 Å². The highest BCUT2D eigenvalue weighted by Crippen LogP contribution is 2.29. The van der Waals surface area contributed by atoms with E-state index in [1.165, 1.54) is 11.4 Å². The van der Waals surface area contributed by atoms with Crippen LogP contribution in [0.25, 0.3) is 0 Å². The van der Waals surface area contributed by atoms with Crippen LogP contribution in [0.4, 0.5) is 0 Å². The topological polar surface area (TPSA) is 96.5 Å². The van der Waals surface area contributed by atoms with Gasteiger partial charge in [0.2, 0.25) is 0 Å². The van der Waals surface area contributed by atoms with Crippen LogP contribution in [0, 0.1) is 6.92 Å². The number of sulfonamides is 1. The minimum atomic E-state index is -3.76. The molecule has 1 atom stereocenters. The van der Waals surface area contributed by atoms with E-state index in [4.69, 9.17) is 0 Å². The molecule has 1 saturated heterocycles. The number of aromatic amines is 1. The molecule has 0 radical (unpaired) electrons. The highest BCUT2D eigenvalue weighted by atomic mass is 32.2. The highest BCUT2D eigenvalue weighted by Gasteiger charge is 2.36. The van der Waals surface area contributed by atoms with E-state index in [0.717, 1.165) is 12.8 Å². The van der Waals surface area contributed by atoms with Crippen molar-refractivity contribution in [3.63, 3.8) is 0 Å². The fraction of sp³-hybridized carbons (Fsp3) is 0.667. The molecule has 1 aromatic heterocycles. The standard InChI is InChI=1S/C12H18N2O5S2/c1-8-11(20-12(16)13-8)21(17,18)14-6-4-3-5-9(14)7-10(15)19-2/h9H,3-7H2,1-2H3,(H,13,16). The minimum Gasteiger partial charge on any atom is -0.469 e. The molecule has 0 bridgehead atoms. The summed E-state index contributed by atoms with van der Waals surface area (Å²) < 4.78 is 31.5. The van der Waals surface area contributed by atoms with Crippen LogP contribution in [0.2, 0.25) is 0 Å². The molecule has 0 spiro atoms. The molecule has 2 heterocycles. The molecule has 118 valence electrons. The fourth-order valence-corrected chi connectivity index (χ4v) is 5.62. The van der Waals surface area contributed by atoms with Crippen molar-refractivity contribution in [2.75, 3.05) is 13.7 Å². The Hall–Kier alpha value is -1.19. The van der Waals surface area contributed by atoms with Crippen molar-refractivity contribution in [1.29, 1.82) is 0 Å². The number of rotatable bonds is 4. The average Bonchev–Trinajstić information content (AvgIpc) is 2.78. The largest absolute Gasteiger partial charge is 0.469 e. The third kappa shape index (κ3) is 3.35. The number of carbonyl (C=O) groups is 1. The third-order valence-electron chi connectivity index (χ3n) is 3.53. The van der Waals surface area contributed by atoms with E-state index < -0.39 is 26.9 Å². The Kier molecular flexibility index (Phi) is 4.84. The van der Waals surface area contributed by atoms with Crippen LogP contribution in [0.1, 0.15) is 31.4 Å². The molecule has 7 nitrogen and oxygen atoms in total. The van der Waals surface area contributed by atoms with Crippen molar-refractivity contribution in [3.8, 4) is 0 Å². The average molecular weight is 334 g/mol. The van der Waals surface area contributed by atoms with Gasteiger partial charge in [-0.05, 0) is 19.8 Å². The molecule has 1 aromatic rings. The Bertz CT molecular complexity index is 676. The molecule has 1 aliphatic rings. The van der Waals surface area contributed by atoms with Gasteiger partial charge in [-0.25, -0.2) is 8.42 Å². The first-order valence-electron chi connectivity index (χ1n) is 6.64. The first kappa shape index (κ1) is 16.2. The number of hydrogen-bond donors (Lipinski definition) is 1. The lowest BCUT2D eigenvalue weighted by molar-refractivity contribution is -0.141. The maximum atomic E-state index is 12.7. The smallest absolute Gasteiger partial charge is 0.307 e. The van der Waals surface area contributed by atoms with Crippen molar-refractivity contribution in [2.45, 2.75) is 42.9 Å². The summed E-state index contributed by atoms with van der Waals surface area (Å²) in [5.74, 6) is -0.430. The molecule has 21 heavy (non-hydrogen) atoms. The van der Waals surface area contributed by atoms with E-state index >= 15 is 0 Å². The Morgan fingerprint density at radius 1 is 1.48 bits per heavy atom. The van der Waals surface area contributed by atoms with Gasteiger partial charge >= 0.3 is 10.8 Å². The fourth-order valence-electron chi connectivity index (χ4n) is 2.51. The lowest BCUT2D eigenvalue weighted by atomic mass is 10.0. The van der Waals surface area contributed by atoms with Crippen LogP contribution in [-0.2, 0) is 19.6 Å². The molecule has 0 aromatic carbocycles. The lowest BCUT2D eigenvalue weighted by Gasteiger charge is -2.33. The van der Waals surface area contributed by atoms with Gasteiger partial charge in [-0.1, -0.05) is 17.8 Å². The molecule has 1 aliphatic heterocycles. The summed E-state index contributed by atoms with van der Waals surface area (Å²) >= 11 is 0.685. The number of aryl methyl sites for hydroxylation is 1. The molecule has 1 N–H and O–H groups in total. The summed E-state index contributed by atoms with van der Waals surface area (Å²) in [4.78, 5) is 24.9. The Labute approximate surface area is 127 Å². The first-order valence-corrected chi connectivity index (χ1v) is 8.90. The van der Waals surface area contributed by atoms with Gasteiger partial charge in [-0.3, -0.25) is 9.59 Å². The lowest BCUT2D eigenvalue weighted by Crippen LogP contribution is -2.44. The molecule has 1 fully saturated rings. The quantitative estimate of drug-likeness (QED) is 0.824. The van der Waals surface area contributed by atoms with Crippen molar-refractivity contribution in [3.05, 3.63) is 15.4 Å². The van der Waals surface area contributed by atoms with Crippen LogP contribution in [0.15, 0.2) is 9.00 Å². The number of carbonyl (C=O) groups excluding carboxylic acids is 1. The number of piperidine rings is 1. The number of H-pyrrole nitrogens is 1. The van der Waals surface area contributed by atoms with Crippen LogP contribution in [0.3, 0.4) is 0 Å². The molecular weight excluding hydrogens is 316 g/mol. The summed E-state index contributed by atoms with van der Waals surface area (Å²) in [6, 6.07) is -0.409. The van der Waals surface area contributed by atoms with Gasteiger partial charge in [-0.15, -0.1) is 0 Å². The van der Waals surface area contributed by atoms with Crippen molar-refractivity contribution in [2.24, 2.45) is 0 Å². The molecular formula is C12H18N2O5S2. The SMILES string of the molecule is COC(=O)CC1CCCCN1S(=O)(=O)c1sc(=O)[nH]c1C. The molecule has 0 saturated carbocycles. The van der Waals surface area contributed by atoms with Crippen molar-refractivity contribution in [1.82, 2.24) is 9.29 Å². The van der Waals surface area contributed by atoms with Crippen molar-refractivity contribution >= 4 is 27.3 Å². The zero-order valence-electron chi connectivity index (χ0n) is 11.9. The second-order valence-corrected chi connectivity index (χ2v) is 8.04. The first-order chi connectivity index (χ1) is 9.86. The third-order valence-corrected chi connectivity index (χ3v) is 7.06. The summed E-state index contributed by atoms with van der Waals surface area (Å²) in [5, 5.41) is 0. The van der Waals surface area contributed by atoms with Crippen LogP contribution < -0.4 is 4.87 Å². The molecule has 1 unspecified atom stereocenters. The summed E-state index contributed by atoms with van der Waals surface area (Å²) in [7, 11) is -2.48. The molecule has 9 heteroatoms. The number of nitrogens with zero attached hydrogens (tertiary/aromatic N) is 1. The molecule has 0 amide bonds. The Morgan fingerprint density at radius 3 is 2.76 bits per heavy atom. The normalized spacial score (nSPS) is 20.4. The van der Waals surface area contributed by atoms with Gasteiger partial charge in [0.1, 0.15) is 0 Å². The van der Waals surface area contributed by atoms with Gasteiger partial charge < -0.3 is 9.72 Å². The van der Waals surface area contributed by atoms with E-state index in [1.807, 2.05) is 0 Å². The molecule has 0 aliphatic carbocycles. The molecule has 2 rings (SSSR count). The van der Waals surface area contributed by atoms with E-state index in [1.54, 1.807) is 6.92 Å². The van der Waals surface area contributed by atoms with E-state index in [-0.39, 0.29) is 10.6 Å². The number of methoxy groups -OCH3 is 1. The second kappa shape index (κ2) is 6.29. The van der Waals surface area contributed by atoms with E-state index in [9.17, 15) is 18.0 Å². The second-order valence-electron chi connectivity index (χ2n) is 4.97. The highest BCUT2D eigenvalue weighted by molar-refractivity contribution is 7.91. The minimum absolute atomic E-state index is 0.0317. The summed E-state index contributed by atoms with van der Waals surface area (Å²) in [6.07, 6.45) is 2.27. The van der Waals surface area contributed by atoms with Gasteiger partial charge in [0.15, 0.2) is 4.21 Å². The Balaban J connectivity index is 2.33. The predicted molar refractivity (Wildman–Crippen MR) is 77.8 cm³/mol. The zero-order chi connectivity index (χ0) is 15.6. The summed E-state index contributed by atoms with van der Waals surface area (Å²) in [6.45, 7) is 1.92. The van der Waals surface area contributed by atoms with Crippen LogP contribution in [0.5, 0.6) is 0 Å². The predicted octanol–water partition coefficient (Wildman–Crippen LogP) is 0.851. The number of hydrogen-bond acceptors (Lipinski definition) is 6. The Morgan fingerprint density at radius 2 is 2.19 bits per heavy atom. The number of ether oxygens (including phenoxy) is 1. The van der Waals surface area contributed by atoms with E-state index in [0.29, 0.717) is 30.0 Å². The maximum Gasteiger partial charge on any atom is 0.307 e. The van der Waals surface area contributed by atoms with Gasteiger partial charge in [0.05, 0.1) is 13.5 Å². The zero-order valence-corrected chi connectivity index (χ0v) is 13.6. The van der Waals surface area contributed by atoms with Crippen LogP contribution >= 0.6 is 11.3 Å². The number of nitrogens with one attached hydrogen (secondary N) is 1. The van der Waals surface area contributed by atoms with Gasteiger partial charge in [0.25, 0.3) is 10.0 Å². The maximum absolute atomic E-state index is 12.7. The number of esters is 1.